The summed E-state index contributed by atoms with van der Waals surface area (Å²) >= 11 is 0. The van der Waals surface area contributed by atoms with Crippen LogP contribution in [0, 0.1) is 11.8 Å². The number of amides is 1. The number of rotatable bonds is 6. The van der Waals surface area contributed by atoms with Crippen LogP contribution in [0.1, 0.15) is 26.7 Å². The maximum atomic E-state index is 12.3. The minimum atomic E-state index is -0.0754. The molecule has 0 saturated carbocycles. The normalized spacial score (nSPS) is 15.9. The van der Waals surface area contributed by atoms with E-state index < -0.39 is 0 Å². The van der Waals surface area contributed by atoms with Crippen LogP contribution >= 0.6 is 24.8 Å². The number of halogens is 2. The first-order valence-electron chi connectivity index (χ1n) is 8.30. The van der Waals surface area contributed by atoms with E-state index in [-0.39, 0.29) is 36.6 Å². The van der Waals surface area contributed by atoms with E-state index in [1.54, 1.807) is 0 Å². The van der Waals surface area contributed by atoms with E-state index in [0.717, 1.165) is 44.8 Å². The molecule has 1 saturated heterocycles. The Kier molecular flexibility index (Phi) is 11.0. The molecule has 1 aromatic rings. The lowest BCUT2D eigenvalue weighted by Gasteiger charge is -2.35. The lowest BCUT2D eigenvalue weighted by Crippen LogP contribution is -2.43. The highest BCUT2D eigenvalue weighted by atomic mass is 35.5. The van der Waals surface area contributed by atoms with Gasteiger partial charge in [-0.05, 0) is 37.8 Å². The fraction of sp³-hybridized carbons (Fsp3) is 0.647. The molecule has 1 fully saturated rings. The monoisotopic (exact) mass is 376 g/mol. The van der Waals surface area contributed by atoms with E-state index in [0.29, 0.717) is 12.5 Å². The Morgan fingerprint density at radius 1 is 1.38 bits per heavy atom. The minimum absolute atomic E-state index is 0. The molecule has 0 bridgehead atoms. The lowest BCUT2D eigenvalue weighted by molar-refractivity contribution is -0.135. The molecule has 1 amide bonds. The van der Waals surface area contributed by atoms with Crippen molar-refractivity contribution in [3.63, 3.8) is 0 Å². The van der Waals surface area contributed by atoms with Crippen LogP contribution in [0.5, 0.6) is 0 Å². The standard InChI is InChI=1S/C17H28N4O.2ClH/c1-3-20(17(22)14(2)12-18)13-15-7-10-21(11-8-15)16-6-4-5-9-19-16;;/h4-6,9,14-15H,3,7-8,10-13,18H2,1-2H3;2*1H. The number of nitrogens with two attached hydrogens (primary N) is 1. The molecule has 1 unspecified atom stereocenters. The predicted molar refractivity (Wildman–Crippen MR) is 104 cm³/mol. The average molecular weight is 377 g/mol. The summed E-state index contributed by atoms with van der Waals surface area (Å²) < 4.78 is 0. The zero-order chi connectivity index (χ0) is 15.9. The molecule has 7 heteroatoms. The van der Waals surface area contributed by atoms with Crippen molar-refractivity contribution in [2.75, 3.05) is 37.6 Å². The zero-order valence-corrected chi connectivity index (χ0v) is 16.2. The predicted octanol–water partition coefficient (Wildman–Crippen LogP) is 2.58. The zero-order valence-electron chi connectivity index (χ0n) is 14.6. The van der Waals surface area contributed by atoms with Crippen molar-refractivity contribution in [3.05, 3.63) is 24.4 Å². The van der Waals surface area contributed by atoms with Gasteiger partial charge in [0.05, 0.1) is 0 Å². The summed E-state index contributed by atoms with van der Waals surface area (Å²) in [7, 11) is 0. The molecule has 2 N–H and O–H groups in total. The maximum absolute atomic E-state index is 12.3. The van der Waals surface area contributed by atoms with Gasteiger partial charge in [-0.1, -0.05) is 13.0 Å². The number of anilines is 1. The molecular formula is C17H30Cl2N4O. The van der Waals surface area contributed by atoms with Gasteiger partial charge < -0.3 is 15.5 Å². The topological polar surface area (TPSA) is 62.5 Å². The molecule has 1 aromatic heterocycles. The molecule has 5 nitrogen and oxygen atoms in total. The Morgan fingerprint density at radius 3 is 2.54 bits per heavy atom. The molecule has 0 aromatic carbocycles. The number of piperidine rings is 1. The molecule has 0 aliphatic carbocycles. The van der Waals surface area contributed by atoms with E-state index in [9.17, 15) is 4.79 Å². The molecule has 2 rings (SSSR count). The summed E-state index contributed by atoms with van der Waals surface area (Å²) in [5.74, 6) is 1.75. The minimum Gasteiger partial charge on any atom is -0.357 e. The third-order valence-electron chi connectivity index (χ3n) is 4.53. The van der Waals surface area contributed by atoms with Gasteiger partial charge in [0.1, 0.15) is 5.82 Å². The highest BCUT2D eigenvalue weighted by Gasteiger charge is 2.25. The number of hydrogen-bond acceptors (Lipinski definition) is 4. The van der Waals surface area contributed by atoms with E-state index in [1.807, 2.05) is 37.1 Å². The second kappa shape index (κ2) is 11.5. The molecule has 1 atom stereocenters. The van der Waals surface area contributed by atoms with Crippen molar-refractivity contribution in [1.29, 1.82) is 0 Å². The van der Waals surface area contributed by atoms with Gasteiger partial charge in [0.25, 0.3) is 0 Å². The largest absolute Gasteiger partial charge is 0.357 e. The van der Waals surface area contributed by atoms with Crippen LogP contribution in [-0.4, -0.2) is 48.5 Å². The van der Waals surface area contributed by atoms with E-state index in [1.165, 1.54) is 0 Å². The Morgan fingerprint density at radius 2 is 2.04 bits per heavy atom. The van der Waals surface area contributed by atoms with Gasteiger partial charge in [-0.2, -0.15) is 0 Å². The third kappa shape index (κ3) is 6.11. The first-order valence-corrected chi connectivity index (χ1v) is 8.30. The first-order chi connectivity index (χ1) is 10.7. The highest BCUT2D eigenvalue weighted by Crippen LogP contribution is 2.22. The van der Waals surface area contributed by atoms with Crippen LogP contribution in [-0.2, 0) is 4.79 Å². The van der Waals surface area contributed by atoms with Gasteiger partial charge in [-0.3, -0.25) is 4.79 Å². The van der Waals surface area contributed by atoms with E-state index in [2.05, 4.69) is 16.0 Å². The molecule has 1 aliphatic rings. The SMILES string of the molecule is CCN(CC1CCN(c2ccccn2)CC1)C(=O)C(C)CN.Cl.Cl. The molecule has 0 spiro atoms. The van der Waals surface area contributed by atoms with Crippen molar-refractivity contribution in [3.8, 4) is 0 Å². The molecule has 24 heavy (non-hydrogen) atoms. The maximum Gasteiger partial charge on any atom is 0.226 e. The van der Waals surface area contributed by atoms with Crippen molar-refractivity contribution in [2.24, 2.45) is 17.6 Å². The van der Waals surface area contributed by atoms with Gasteiger partial charge >= 0.3 is 0 Å². The van der Waals surface area contributed by atoms with Crippen LogP contribution in [0.3, 0.4) is 0 Å². The third-order valence-corrected chi connectivity index (χ3v) is 4.53. The molecule has 138 valence electrons. The average Bonchev–Trinajstić information content (AvgIpc) is 2.59. The fourth-order valence-corrected chi connectivity index (χ4v) is 2.98. The quantitative estimate of drug-likeness (QED) is 0.828. The Bertz CT molecular complexity index is 467. The number of aromatic nitrogens is 1. The molecule has 2 heterocycles. The van der Waals surface area contributed by atoms with Crippen LogP contribution in [0.25, 0.3) is 0 Å². The summed E-state index contributed by atoms with van der Waals surface area (Å²) in [5.41, 5.74) is 5.62. The summed E-state index contributed by atoms with van der Waals surface area (Å²) in [6, 6.07) is 6.03. The summed E-state index contributed by atoms with van der Waals surface area (Å²) in [6.07, 6.45) is 4.06. The van der Waals surface area contributed by atoms with Crippen LogP contribution in [0.15, 0.2) is 24.4 Å². The van der Waals surface area contributed by atoms with Gasteiger partial charge in [-0.15, -0.1) is 24.8 Å². The van der Waals surface area contributed by atoms with Gasteiger partial charge in [0.15, 0.2) is 0 Å². The van der Waals surface area contributed by atoms with Crippen molar-refractivity contribution >= 4 is 36.5 Å². The second-order valence-electron chi connectivity index (χ2n) is 6.13. The number of carbonyl (C=O) groups excluding carboxylic acids is 1. The summed E-state index contributed by atoms with van der Waals surface area (Å²) in [6.45, 7) is 8.03. The highest BCUT2D eigenvalue weighted by molar-refractivity contribution is 5.85. The Balaban J connectivity index is 0.00000264. The smallest absolute Gasteiger partial charge is 0.226 e. The Hall–Kier alpha value is -1.04. The summed E-state index contributed by atoms with van der Waals surface area (Å²) in [5, 5.41) is 0. The van der Waals surface area contributed by atoms with Crippen LogP contribution in [0.4, 0.5) is 5.82 Å². The van der Waals surface area contributed by atoms with Crippen molar-refractivity contribution in [2.45, 2.75) is 26.7 Å². The fourth-order valence-electron chi connectivity index (χ4n) is 2.98. The lowest BCUT2D eigenvalue weighted by atomic mass is 9.95. The Labute approximate surface area is 157 Å². The van der Waals surface area contributed by atoms with Gasteiger partial charge in [-0.25, -0.2) is 4.98 Å². The summed E-state index contributed by atoms with van der Waals surface area (Å²) in [4.78, 5) is 21.0. The first kappa shape index (κ1) is 23.0. The molecule has 1 aliphatic heterocycles. The molecular weight excluding hydrogens is 347 g/mol. The second-order valence-corrected chi connectivity index (χ2v) is 6.13. The van der Waals surface area contributed by atoms with E-state index >= 15 is 0 Å². The number of pyridine rings is 1. The molecule has 0 radical (unpaired) electrons. The van der Waals surface area contributed by atoms with Crippen molar-refractivity contribution in [1.82, 2.24) is 9.88 Å². The number of carbonyl (C=O) groups is 1. The van der Waals surface area contributed by atoms with Crippen molar-refractivity contribution < 1.29 is 4.79 Å². The number of nitrogens with zero attached hydrogens (tertiary/aromatic N) is 3. The van der Waals surface area contributed by atoms with Crippen LogP contribution in [0.2, 0.25) is 0 Å². The van der Waals surface area contributed by atoms with Gasteiger partial charge in [0, 0.05) is 44.8 Å². The van der Waals surface area contributed by atoms with Crippen LogP contribution < -0.4 is 10.6 Å². The van der Waals surface area contributed by atoms with Gasteiger partial charge in [0.2, 0.25) is 5.91 Å². The number of hydrogen-bond donors (Lipinski definition) is 1. The van der Waals surface area contributed by atoms with E-state index in [4.69, 9.17) is 5.73 Å².